The van der Waals surface area contributed by atoms with Gasteiger partial charge in [0.1, 0.15) is 0 Å². The summed E-state index contributed by atoms with van der Waals surface area (Å²) in [6, 6.07) is 3.74. The van der Waals surface area contributed by atoms with Crippen molar-refractivity contribution in [3.63, 3.8) is 0 Å². The van der Waals surface area contributed by atoms with Gasteiger partial charge in [-0.3, -0.25) is 0 Å². The molecule has 1 aromatic carbocycles. The van der Waals surface area contributed by atoms with Gasteiger partial charge >= 0.3 is 0 Å². The fourth-order valence-electron chi connectivity index (χ4n) is 2.15. The Bertz CT molecular complexity index is 402. The van der Waals surface area contributed by atoms with E-state index in [1.54, 1.807) is 14.2 Å². The Morgan fingerprint density at radius 2 is 1.81 bits per heavy atom. The van der Waals surface area contributed by atoms with E-state index in [2.05, 4.69) is 0 Å². The zero-order valence-corrected chi connectivity index (χ0v) is 10.3. The minimum Gasteiger partial charge on any atom is -0.492 e. The van der Waals surface area contributed by atoms with Crippen LogP contribution in [0.5, 0.6) is 11.5 Å². The van der Waals surface area contributed by atoms with Crippen molar-refractivity contribution in [2.45, 2.75) is 24.8 Å². The summed E-state index contributed by atoms with van der Waals surface area (Å²) in [6.45, 7) is 0. The Hall–Kier alpha value is -0.930. The predicted octanol–water partition coefficient (Wildman–Crippen LogP) is 2.70. The van der Waals surface area contributed by atoms with E-state index in [-0.39, 0.29) is 5.54 Å². The molecule has 0 atom stereocenters. The first kappa shape index (κ1) is 11.6. The average molecular weight is 242 g/mol. The highest BCUT2D eigenvalue weighted by atomic mass is 35.5. The van der Waals surface area contributed by atoms with E-state index in [4.69, 9.17) is 26.8 Å². The molecule has 0 radical (unpaired) electrons. The maximum absolute atomic E-state index is 6.30. The van der Waals surface area contributed by atoms with Gasteiger partial charge in [0.15, 0.2) is 11.5 Å². The van der Waals surface area contributed by atoms with Crippen LogP contribution >= 0.6 is 11.6 Å². The number of rotatable bonds is 3. The van der Waals surface area contributed by atoms with Gasteiger partial charge in [-0.05, 0) is 25.3 Å². The van der Waals surface area contributed by atoms with Gasteiger partial charge in [0.2, 0.25) is 0 Å². The smallest absolute Gasteiger partial charge is 0.179 e. The second-order valence-electron chi connectivity index (χ2n) is 4.17. The van der Waals surface area contributed by atoms with Crippen molar-refractivity contribution in [1.82, 2.24) is 0 Å². The topological polar surface area (TPSA) is 44.5 Å². The largest absolute Gasteiger partial charge is 0.492 e. The van der Waals surface area contributed by atoms with E-state index in [9.17, 15) is 0 Å². The standard InChI is InChI=1S/C12H16ClNO2/c1-15-10-8(12(14)6-3-7-12)4-5-9(13)11(10)16-2/h4-5H,3,6-7,14H2,1-2H3. The molecule has 0 aromatic heterocycles. The molecule has 1 fully saturated rings. The summed E-state index contributed by atoms with van der Waals surface area (Å²) in [5.41, 5.74) is 7.01. The van der Waals surface area contributed by atoms with Crippen molar-refractivity contribution in [2.24, 2.45) is 5.73 Å². The fraction of sp³-hybridized carbons (Fsp3) is 0.500. The Balaban J connectivity index is 2.53. The van der Waals surface area contributed by atoms with E-state index in [1.165, 1.54) is 0 Å². The maximum Gasteiger partial charge on any atom is 0.179 e. The maximum atomic E-state index is 6.30. The third kappa shape index (κ3) is 1.64. The molecule has 0 saturated heterocycles. The van der Waals surface area contributed by atoms with Crippen molar-refractivity contribution in [3.05, 3.63) is 22.7 Å². The number of benzene rings is 1. The molecule has 4 heteroatoms. The summed E-state index contributed by atoms with van der Waals surface area (Å²) in [6.07, 6.45) is 3.12. The lowest BCUT2D eigenvalue weighted by atomic mass is 9.72. The number of nitrogens with two attached hydrogens (primary N) is 1. The molecule has 1 saturated carbocycles. The first-order valence-corrected chi connectivity index (χ1v) is 5.70. The number of hydrogen-bond donors (Lipinski definition) is 1. The summed E-state index contributed by atoms with van der Waals surface area (Å²) < 4.78 is 10.6. The lowest BCUT2D eigenvalue weighted by molar-refractivity contribution is 0.240. The van der Waals surface area contributed by atoms with Crippen LogP contribution in [0.25, 0.3) is 0 Å². The second-order valence-corrected chi connectivity index (χ2v) is 4.58. The van der Waals surface area contributed by atoms with E-state index < -0.39 is 0 Å². The molecule has 3 nitrogen and oxygen atoms in total. The molecular formula is C12H16ClNO2. The highest BCUT2D eigenvalue weighted by Gasteiger charge is 2.38. The van der Waals surface area contributed by atoms with E-state index in [1.807, 2.05) is 12.1 Å². The molecule has 1 aromatic rings. The molecule has 88 valence electrons. The van der Waals surface area contributed by atoms with Gasteiger partial charge in [0, 0.05) is 11.1 Å². The molecule has 0 unspecified atom stereocenters. The molecule has 1 aliphatic rings. The van der Waals surface area contributed by atoms with Gasteiger partial charge < -0.3 is 15.2 Å². The van der Waals surface area contributed by atoms with Gasteiger partial charge in [-0.2, -0.15) is 0 Å². The second kappa shape index (κ2) is 4.15. The Labute approximate surface area is 100 Å². The summed E-state index contributed by atoms with van der Waals surface area (Å²) in [7, 11) is 3.19. The Morgan fingerprint density at radius 1 is 1.19 bits per heavy atom. The minimum atomic E-state index is -0.275. The highest BCUT2D eigenvalue weighted by Crippen LogP contribution is 2.47. The quantitative estimate of drug-likeness (QED) is 0.885. The number of ether oxygens (including phenoxy) is 2. The first-order valence-electron chi connectivity index (χ1n) is 5.32. The van der Waals surface area contributed by atoms with Crippen LogP contribution in [0.3, 0.4) is 0 Å². The molecule has 2 N–H and O–H groups in total. The van der Waals surface area contributed by atoms with Gasteiger partial charge in [-0.1, -0.05) is 17.7 Å². The monoisotopic (exact) mass is 241 g/mol. The van der Waals surface area contributed by atoms with E-state index in [0.717, 1.165) is 24.8 Å². The SMILES string of the molecule is COc1c(Cl)ccc(C2(N)CCC2)c1OC. The molecule has 1 aliphatic carbocycles. The zero-order valence-electron chi connectivity index (χ0n) is 9.55. The van der Waals surface area contributed by atoms with Crippen molar-refractivity contribution in [1.29, 1.82) is 0 Å². The third-order valence-electron chi connectivity index (χ3n) is 3.25. The molecule has 0 spiro atoms. The molecule has 0 heterocycles. The number of hydrogen-bond acceptors (Lipinski definition) is 3. The van der Waals surface area contributed by atoms with Crippen molar-refractivity contribution < 1.29 is 9.47 Å². The molecule has 2 rings (SSSR count). The summed E-state index contributed by atoms with van der Waals surface area (Å²) in [5.74, 6) is 1.23. The van der Waals surface area contributed by atoms with Crippen LogP contribution < -0.4 is 15.2 Å². The minimum absolute atomic E-state index is 0.275. The molecule has 0 amide bonds. The van der Waals surface area contributed by atoms with E-state index in [0.29, 0.717) is 16.5 Å². The van der Waals surface area contributed by atoms with Crippen LogP contribution in [0.4, 0.5) is 0 Å². The van der Waals surface area contributed by atoms with Crippen molar-refractivity contribution in [2.75, 3.05) is 14.2 Å². The number of halogens is 1. The van der Waals surface area contributed by atoms with Crippen LogP contribution in [0.15, 0.2) is 12.1 Å². The van der Waals surface area contributed by atoms with Crippen LogP contribution in [-0.2, 0) is 5.54 Å². The average Bonchev–Trinajstić information content (AvgIpc) is 2.25. The van der Waals surface area contributed by atoms with Gasteiger partial charge in [0.05, 0.1) is 19.2 Å². The normalized spacial score (nSPS) is 17.8. The lowest BCUT2D eigenvalue weighted by Crippen LogP contribution is -2.43. The lowest BCUT2D eigenvalue weighted by Gasteiger charge is -2.39. The van der Waals surface area contributed by atoms with Gasteiger partial charge in [-0.15, -0.1) is 0 Å². The third-order valence-corrected chi connectivity index (χ3v) is 3.55. The zero-order chi connectivity index (χ0) is 11.8. The van der Waals surface area contributed by atoms with Crippen molar-refractivity contribution >= 4 is 11.6 Å². The summed E-state index contributed by atoms with van der Waals surface area (Å²) >= 11 is 6.05. The Morgan fingerprint density at radius 3 is 2.25 bits per heavy atom. The fourth-order valence-corrected chi connectivity index (χ4v) is 2.38. The van der Waals surface area contributed by atoms with E-state index >= 15 is 0 Å². The highest BCUT2D eigenvalue weighted by molar-refractivity contribution is 6.32. The molecular weight excluding hydrogens is 226 g/mol. The van der Waals surface area contributed by atoms with Crippen molar-refractivity contribution in [3.8, 4) is 11.5 Å². The molecule has 16 heavy (non-hydrogen) atoms. The summed E-state index contributed by atoms with van der Waals surface area (Å²) in [4.78, 5) is 0. The van der Waals surface area contributed by atoms with Gasteiger partial charge in [-0.25, -0.2) is 0 Å². The van der Waals surface area contributed by atoms with Crippen LogP contribution in [-0.4, -0.2) is 14.2 Å². The predicted molar refractivity (Wildman–Crippen MR) is 64.3 cm³/mol. The van der Waals surface area contributed by atoms with Gasteiger partial charge in [0.25, 0.3) is 0 Å². The Kier molecular flexibility index (Phi) is 3.00. The van der Waals surface area contributed by atoms with Crippen LogP contribution in [0, 0.1) is 0 Å². The van der Waals surface area contributed by atoms with Crippen LogP contribution in [0.2, 0.25) is 5.02 Å². The number of methoxy groups -OCH3 is 2. The first-order chi connectivity index (χ1) is 7.62. The van der Waals surface area contributed by atoms with Crippen LogP contribution in [0.1, 0.15) is 24.8 Å². The summed E-state index contributed by atoms with van der Waals surface area (Å²) in [5, 5.41) is 0.547. The molecule has 0 aliphatic heterocycles. The molecule has 0 bridgehead atoms.